The Morgan fingerprint density at radius 3 is 2.32 bits per heavy atom. The van der Waals surface area contributed by atoms with Gasteiger partial charge in [-0.2, -0.15) is 15.8 Å². The molecule has 92 valence electrons. The number of nitro groups is 1. The van der Waals surface area contributed by atoms with Crippen molar-refractivity contribution in [3.8, 4) is 24.0 Å². The van der Waals surface area contributed by atoms with Gasteiger partial charge in [-0.25, -0.2) is 0 Å². The Balaban J connectivity index is 3.19. The number of hydrogen-bond acceptors (Lipinski definition) is 7. The van der Waals surface area contributed by atoms with Crippen molar-refractivity contribution in [1.29, 1.82) is 15.8 Å². The molecule has 0 aromatic heterocycles. The lowest BCUT2D eigenvalue weighted by Gasteiger charge is -2.06. The van der Waals surface area contributed by atoms with Crippen LogP contribution in [0.25, 0.3) is 0 Å². The summed E-state index contributed by atoms with van der Waals surface area (Å²) in [6, 6.07) is 7.78. The number of nitriles is 3. The minimum atomic E-state index is -0.694. The predicted molar refractivity (Wildman–Crippen MR) is 62.2 cm³/mol. The SMILES string of the molecule is N#CC(C#N)=C(C#N)Nc1ccc([N+](=O)[O-])cc1O. The van der Waals surface area contributed by atoms with E-state index in [-0.39, 0.29) is 17.1 Å². The van der Waals surface area contributed by atoms with Crippen LogP contribution in [0.15, 0.2) is 29.5 Å². The molecule has 1 aromatic rings. The van der Waals surface area contributed by atoms with E-state index in [1.807, 2.05) is 0 Å². The van der Waals surface area contributed by atoms with Crippen LogP contribution in [0.3, 0.4) is 0 Å². The molecule has 1 rings (SSSR count). The van der Waals surface area contributed by atoms with E-state index < -0.39 is 16.2 Å². The second-order valence-electron chi connectivity index (χ2n) is 3.17. The number of nitrogens with one attached hydrogen (secondary N) is 1. The Morgan fingerprint density at radius 2 is 1.89 bits per heavy atom. The first-order chi connectivity index (χ1) is 9.03. The van der Waals surface area contributed by atoms with Crippen LogP contribution in [0.4, 0.5) is 11.4 Å². The molecule has 0 saturated carbocycles. The largest absolute Gasteiger partial charge is 0.506 e. The highest BCUT2D eigenvalue weighted by molar-refractivity contribution is 5.66. The number of allylic oxidation sites excluding steroid dienone is 2. The third-order valence-electron chi connectivity index (χ3n) is 2.04. The number of nitro benzene ring substituents is 1. The van der Waals surface area contributed by atoms with Crippen LogP contribution in [-0.4, -0.2) is 10.0 Å². The topological polar surface area (TPSA) is 147 Å². The van der Waals surface area contributed by atoms with Gasteiger partial charge in [-0.3, -0.25) is 10.1 Å². The second-order valence-corrected chi connectivity index (χ2v) is 3.17. The molecule has 1 aromatic carbocycles. The van der Waals surface area contributed by atoms with Crippen molar-refractivity contribution in [3.63, 3.8) is 0 Å². The minimum absolute atomic E-state index is 0.0230. The first-order valence-corrected chi connectivity index (χ1v) is 4.72. The molecule has 8 nitrogen and oxygen atoms in total. The molecule has 0 atom stereocenters. The molecular weight excluding hydrogens is 250 g/mol. The lowest BCUT2D eigenvalue weighted by molar-refractivity contribution is -0.384. The van der Waals surface area contributed by atoms with Crippen LogP contribution in [0, 0.1) is 44.1 Å². The van der Waals surface area contributed by atoms with Crippen molar-refractivity contribution in [2.75, 3.05) is 5.32 Å². The summed E-state index contributed by atoms with van der Waals surface area (Å²) in [5.41, 5.74) is -1.16. The predicted octanol–water partition coefficient (Wildman–Crippen LogP) is 1.54. The van der Waals surface area contributed by atoms with Gasteiger partial charge in [-0.1, -0.05) is 0 Å². The van der Waals surface area contributed by atoms with Crippen LogP contribution < -0.4 is 5.32 Å². The van der Waals surface area contributed by atoms with Crippen LogP contribution >= 0.6 is 0 Å². The van der Waals surface area contributed by atoms with Crippen LogP contribution in [-0.2, 0) is 0 Å². The van der Waals surface area contributed by atoms with Crippen molar-refractivity contribution in [2.45, 2.75) is 0 Å². The van der Waals surface area contributed by atoms with Crippen molar-refractivity contribution in [1.82, 2.24) is 0 Å². The lowest BCUT2D eigenvalue weighted by Crippen LogP contribution is -2.01. The Hall–Kier alpha value is -3.57. The first kappa shape index (κ1) is 13.5. The fourth-order valence-electron chi connectivity index (χ4n) is 1.16. The summed E-state index contributed by atoms with van der Waals surface area (Å²) in [4.78, 5) is 9.78. The fourth-order valence-corrected chi connectivity index (χ4v) is 1.16. The maximum absolute atomic E-state index is 10.5. The van der Waals surface area contributed by atoms with E-state index in [0.29, 0.717) is 0 Å². The number of benzene rings is 1. The highest BCUT2D eigenvalue weighted by Gasteiger charge is 2.12. The van der Waals surface area contributed by atoms with Gasteiger partial charge in [0.1, 0.15) is 29.7 Å². The third-order valence-corrected chi connectivity index (χ3v) is 2.04. The molecule has 0 heterocycles. The van der Waals surface area contributed by atoms with Crippen LogP contribution in [0.1, 0.15) is 0 Å². The van der Waals surface area contributed by atoms with E-state index in [1.54, 1.807) is 6.07 Å². The molecule has 0 amide bonds. The number of non-ortho nitro benzene ring substituents is 1. The summed E-state index contributed by atoms with van der Waals surface area (Å²) in [6.07, 6.45) is 0. The number of anilines is 1. The van der Waals surface area contributed by atoms with Gasteiger partial charge >= 0.3 is 0 Å². The summed E-state index contributed by atoms with van der Waals surface area (Å²) < 4.78 is 0. The number of rotatable bonds is 3. The molecule has 8 heteroatoms. The second kappa shape index (κ2) is 5.67. The van der Waals surface area contributed by atoms with Crippen molar-refractivity contribution in [2.24, 2.45) is 0 Å². The Labute approximate surface area is 107 Å². The van der Waals surface area contributed by atoms with Crippen LogP contribution in [0.2, 0.25) is 0 Å². The molecule has 0 saturated heterocycles. The highest BCUT2D eigenvalue weighted by Crippen LogP contribution is 2.29. The quantitative estimate of drug-likeness (QED) is 0.360. The van der Waals surface area contributed by atoms with Gasteiger partial charge in [-0.15, -0.1) is 0 Å². The van der Waals surface area contributed by atoms with Gasteiger partial charge in [0.15, 0.2) is 5.57 Å². The van der Waals surface area contributed by atoms with E-state index in [1.165, 1.54) is 12.1 Å². The van der Waals surface area contributed by atoms with E-state index >= 15 is 0 Å². The van der Waals surface area contributed by atoms with E-state index in [2.05, 4.69) is 5.32 Å². The molecule has 2 N–H and O–H groups in total. The van der Waals surface area contributed by atoms with Gasteiger partial charge in [-0.05, 0) is 6.07 Å². The number of hydrogen-bond donors (Lipinski definition) is 2. The zero-order valence-corrected chi connectivity index (χ0v) is 9.28. The van der Waals surface area contributed by atoms with Crippen molar-refractivity contribution in [3.05, 3.63) is 39.6 Å². The molecular formula is C11H5N5O3. The number of phenolic OH excluding ortho intramolecular Hbond substituents is 1. The van der Waals surface area contributed by atoms with Crippen molar-refractivity contribution >= 4 is 11.4 Å². The van der Waals surface area contributed by atoms with Gasteiger partial charge in [0, 0.05) is 6.07 Å². The molecule has 0 aliphatic carbocycles. The molecule has 0 aliphatic rings. The smallest absolute Gasteiger partial charge is 0.273 e. The fraction of sp³-hybridized carbons (Fsp3) is 0. The number of aromatic hydroxyl groups is 1. The summed E-state index contributed by atoms with van der Waals surface area (Å²) in [6.45, 7) is 0. The monoisotopic (exact) mass is 255 g/mol. The maximum Gasteiger partial charge on any atom is 0.273 e. The van der Waals surface area contributed by atoms with Crippen LogP contribution in [0.5, 0.6) is 5.75 Å². The average Bonchev–Trinajstić information content (AvgIpc) is 2.40. The molecule has 0 bridgehead atoms. The van der Waals surface area contributed by atoms with Crippen molar-refractivity contribution < 1.29 is 10.0 Å². The molecule has 19 heavy (non-hydrogen) atoms. The number of phenols is 1. The zero-order chi connectivity index (χ0) is 14.4. The van der Waals surface area contributed by atoms with Gasteiger partial charge in [0.2, 0.25) is 0 Å². The number of nitrogens with zero attached hydrogens (tertiary/aromatic N) is 4. The standard InChI is InChI=1S/C11H5N5O3/c12-4-7(5-13)10(6-14)15-9-2-1-8(16(18)19)3-11(9)17/h1-3,15,17H. The van der Waals surface area contributed by atoms with E-state index in [9.17, 15) is 15.2 Å². The first-order valence-electron chi connectivity index (χ1n) is 4.72. The maximum atomic E-state index is 10.5. The van der Waals surface area contributed by atoms with Gasteiger partial charge in [0.05, 0.1) is 16.7 Å². The summed E-state index contributed by atoms with van der Waals surface area (Å²) in [5.74, 6) is -0.475. The Kier molecular flexibility index (Phi) is 4.03. The Bertz CT molecular complexity index is 672. The average molecular weight is 255 g/mol. The third kappa shape index (κ3) is 2.96. The Morgan fingerprint density at radius 1 is 1.26 bits per heavy atom. The lowest BCUT2D eigenvalue weighted by atomic mass is 10.2. The van der Waals surface area contributed by atoms with Gasteiger partial charge < -0.3 is 10.4 Å². The minimum Gasteiger partial charge on any atom is -0.506 e. The zero-order valence-electron chi connectivity index (χ0n) is 9.28. The summed E-state index contributed by atoms with van der Waals surface area (Å²) in [5, 5.41) is 48.4. The molecule has 0 unspecified atom stereocenters. The highest BCUT2D eigenvalue weighted by atomic mass is 16.6. The molecule has 0 aliphatic heterocycles. The van der Waals surface area contributed by atoms with E-state index in [0.717, 1.165) is 18.2 Å². The molecule has 0 fully saturated rings. The normalized spacial score (nSPS) is 8.47. The van der Waals surface area contributed by atoms with Gasteiger partial charge in [0.25, 0.3) is 5.69 Å². The molecule has 0 spiro atoms. The van der Waals surface area contributed by atoms with E-state index in [4.69, 9.17) is 15.8 Å². The molecule has 0 radical (unpaired) electrons. The summed E-state index contributed by atoms with van der Waals surface area (Å²) in [7, 11) is 0. The summed E-state index contributed by atoms with van der Waals surface area (Å²) >= 11 is 0.